The molecule has 1 heterocycles. The lowest BCUT2D eigenvalue weighted by Gasteiger charge is -2.08. The first-order valence-electron chi connectivity index (χ1n) is 7.00. The number of benzene rings is 2. The van der Waals surface area contributed by atoms with Gasteiger partial charge in [-0.2, -0.15) is 4.57 Å². The van der Waals surface area contributed by atoms with Gasteiger partial charge in [-0.1, -0.05) is 12.1 Å². The number of ether oxygens (including phenoxy) is 3. The Morgan fingerprint density at radius 2 is 1.73 bits per heavy atom. The molecule has 0 unspecified atom stereocenters. The summed E-state index contributed by atoms with van der Waals surface area (Å²) in [6.45, 7) is 0.466. The second-order valence-electron chi connectivity index (χ2n) is 4.91. The van der Waals surface area contributed by atoms with Gasteiger partial charge < -0.3 is 14.2 Å². The van der Waals surface area contributed by atoms with Gasteiger partial charge in [-0.3, -0.25) is 0 Å². The minimum Gasteiger partial charge on any atom is -0.493 e. The van der Waals surface area contributed by atoms with Crippen molar-refractivity contribution in [1.29, 1.82) is 0 Å². The molecule has 0 bridgehead atoms. The van der Waals surface area contributed by atoms with Crippen LogP contribution in [0.1, 0.15) is 0 Å². The van der Waals surface area contributed by atoms with Crippen LogP contribution in [0.25, 0.3) is 22.4 Å². The SMILES string of the molecule is COC[n+]1c(-c2ccc(OC)c(OC)c2)[nH]c2ccccc21. The summed E-state index contributed by atoms with van der Waals surface area (Å²) in [7, 11) is 4.95. The minimum absolute atomic E-state index is 0.466. The van der Waals surface area contributed by atoms with Crippen molar-refractivity contribution in [2.75, 3.05) is 21.3 Å². The van der Waals surface area contributed by atoms with Gasteiger partial charge in [0.05, 0.1) is 19.8 Å². The highest BCUT2D eigenvalue weighted by atomic mass is 16.5. The summed E-state index contributed by atoms with van der Waals surface area (Å²) in [5, 5.41) is 0. The molecule has 0 aliphatic heterocycles. The Labute approximate surface area is 129 Å². The maximum atomic E-state index is 5.39. The summed E-state index contributed by atoms with van der Waals surface area (Å²) in [5.74, 6) is 2.37. The Balaban J connectivity index is 2.19. The molecule has 0 saturated heterocycles. The standard InChI is InChI=1S/C17H18N2O3/c1-20-11-19-14-7-5-4-6-13(14)18-17(19)12-8-9-15(21-2)16(10-12)22-3/h4-10H,11H2,1-3H3/p+1. The first kappa shape index (κ1) is 14.4. The smallest absolute Gasteiger partial charge is 0.289 e. The molecule has 1 aromatic heterocycles. The third kappa shape index (κ3) is 2.40. The maximum absolute atomic E-state index is 5.39. The Morgan fingerprint density at radius 1 is 0.955 bits per heavy atom. The number of hydrogen-bond donors (Lipinski definition) is 1. The average Bonchev–Trinajstić information content (AvgIpc) is 2.93. The Morgan fingerprint density at radius 3 is 2.45 bits per heavy atom. The van der Waals surface area contributed by atoms with Gasteiger partial charge in [0.1, 0.15) is 0 Å². The number of aromatic amines is 1. The predicted octanol–water partition coefficient (Wildman–Crippen LogP) is 2.74. The zero-order chi connectivity index (χ0) is 15.5. The summed E-state index contributed by atoms with van der Waals surface area (Å²) >= 11 is 0. The maximum Gasteiger partial charge on any atom is 0.289 e. The van der Waals surface area contributed by atoms with Crippen molar-refractivity contribution in [3.63, 3.8) is 0 Å². The number of hydrogen-bond acceptors (Lipinski definition) is 3. The van der Waals surface area contributed by atoms with Gasteiger partial charge in [0.15, 0.2) is 29.3 Å². The number of nitrogens with zero attached hydrogens (tertiary/aromatic N) is 1. The second-order valence-corrected chi connectivity index (χ2v) is 4.91. The molecular formula is C17H19N2O3+. The van der Waals surface area contributed by atoms with E-state index in [0.29, 0.717) is 18.2 Å². The van der Waals surface area contributed by atoms with Gasteiger partial charge in [-0.15, -0.1) is 0 Å². The molecule has 5 nitrogen and oxygen atoms in total. The molecule has 3 rings (SSSR count). The summed E-state index contributed by atoms with van der Waals surface area (Å²) in [5.41, 5.74) is 3.16. The van der Waals surface area contributed by atoms with Gasteiger partial charge in [-0.25, -0.2) is 4.98 Å². The van der Waals surface area contributed by atoms with E-state index in [0.717, 1.165) is 22.4 Å². The topological polar surface area (TPSA) is 47.4 Å². The zero-order valence-electron chi connectivity index (χ0n) is 12.9. The van der Waals surface area contributed by atoms with Crippen molar-refractivity contribution in [2.24, 2.45) is 0 Å². The van der Waals surface area contributed by atoms with E-state index >= 15 is 0 Å². The Hall–Kier alpha value is -2.53. The molecule has 0 atom stereocenters. The molecule has 114 valence electrons. The lowest BCUT2D eigenvalue weighted by atomic mass is 10.2. The fraction of sp³-hybridized carbons (Fsp3) is 0.235. The third-order valence-corrected chi connectivity index (χ3v) is 3.63. The highest BCUT2D eigenvalue weighted by molar-refractivity contribution is 5.75. The van der Waals surface area contributed by atoms with Gasteiger partial charge in [-0.05, 0) is 30.3 Å². The molecule has 0 aliphatic carbocycles. The van der Waals surface area contributed by atoms with Gasteiger partial charge in [0, 0.05) is 7.11 Å². The van der Waals surface area contributed by atoms with E-state index < -0.39 is 0 Å². The van der Waals surface area contributed by atoms with E-state index in [2.05, 4.69) is 15.6 Å². The number of imidazole rings is 1. The number of H-pyrrole nitrogens is 1. The van der Waals surface area contributed by atoms with Crippen LogP contribution in [0.2, 0.25) is 0 Å². The van der Waals surface area contributed by atoms with E-state index in [-0.39, 0.29) is 0 Å². The third-order valence-electron chi connectivity index (χ3n) is 3.63. The Kier molecular flexibility index (Phi) is 3.98. The monoisotopic (exact) mass is 299 g/mol. The van der Waals surface area contributed by atoms with Crippen molar-refractivity contribution in [1.82, 2.24) is 4.98 Å². The summed E-state index contributed by atoms with van der Waals surface area (Å²) in [6, 6.07) is 14.0. The molecule has 0 aliphatic rings. The largest absolute Gasteiger partial charge is 0.493 e. The van der Waals surface area contributed by atoms with Crippen molar-refractivity contribution < 1.29 is 18.8 Å². The zero-order valence-corrected chi connectivity index (χ0v) is 12.9. The fourth-order valence-corrected chi connectivity index (χ4v) is 2.60. The van der Waals surface area contributed by atoms with Crippen LogP contribution in [0.15, 0.2) is 42.5 Å². The number of nitrogens with one attached hydrogen (secondary N) is 1. The summed E-state index contributed by atoms with van der Waals surface area (Å²) < 4.78 is 18.1. The molecule has 0 radical (unpaired) electrons. The average molecular weight is 299 g/mol. The van der Waals surface area contributed by atoms with Crippen LogP contribution in [-0.2, 0) is 11.5 Å². The quantitative estimate of drug-likeness (QED) is 0.737. The highest BCUT2D eigenvalue weighted by Crippen LogP contribution is 2.31. The first-order chi connectivity index (χ1) is 10.8. The lowest BCUT2D eigenvalue weighted by Crippen LogP contribution is -2.35. The first-order valence-corrected chi connectivity index (χ1v) is 7.00. The summed E-state index contributed by atoms with van der Waals surface area (Å²) in [4.78, 5) is 3.44. The van der Waals surface area contributed by atoms with Crippen molar-refractivity contribution in [3.8, 4) is 22.9 Å². The van der Waals surface area contributed by atoms with E-state index in [1.54, 1.807) is 21.3 Å². The van der Waals surface area contributed by atoms with Gasteiger partial charge >= 0.3 is 0 Å². The van der Waals surface area contributed by atoms with Crippen LogP contribution in [0.5, 0.6) is 11.5 Å². The number of para-hydroxylation sites is 2. The molecule has 5 heteroatoms. The highest BCUT2D eigenvalue weighted by Gasteiger charge is 2.21. The number of methoxy groups -OCH3 is 3. The van der Waals surface area contributed by atoms with Gasteiger partial charge in [0.25, 0.3) is 5.82 Å². The lowest BCUT2D eigenvalue weighted by molar-refractivity contribution is -0.697. The van der Waals surface area contributed by atoms with Crippen LogP contribution >= 0.6 is 0 Å². The number of fused-ring (bicyclic) bond motifs is 1. The Bertz CT molecular complexity index is 796. The normalized spacial score (nSPS) is 10.9. The minimum atomic E-state index is 0.466. The van der Waals surface area contributed by atoms with Crippen LogP contribution in [-0.4, -0.2) is 26.3 Å². The van der Waals surface area contributed by atoms with Crippen LogP contribution < -0.4 is 14.0 Å². The molecular weight excluding hydrogens is 280 g/mol. The van der Waals surface area contributed by atoms with E-state index in [1.165, 1.54) is 0 Å². The van der Waals surface area contributed by atoms with Gasteiger partial charge in [0.2, 0.25) is 0 Å². The van der Waals surface area contributed by atoms with Crippen molar-refractivity contribution in [3.05, 3.63) is 42.5 Å². The van der Waals surface area contributed by atoms with Crippen LogP contribution in [0.3, 0.4) is 0 Å². The molecule has 0 amide bonds. The predicted molar refractivity (Wildman–Crippen MR) is 84.0 cm³/mol. The van der Waals surface area contributed by atoms with E-state index in [1.807, 2.05) is 36.4 Å². The molecule has 1 N–H and O–H groups in total. The fourth-order valence-electron chi connectivity index (χ4n) is 2.60. The van der Waals surface area contributed by atoms with E-state index in [4.69, 9.17) is 14.2 Å². The number of aromatic nitrogens is 2. The van der Waals surface area contributed by atoms with E-state index in [9.17, 15) is 0 Å². The molecule has 0 saturated carbocycles. The molecule has 0 spiro atoms. The van der Waals surface area contributed by atoms with Crippen molar-refractivity contribution in [2.45, 2.75) is 6.73 Å². The molecule has 2 aromatic carbocycles. The van der Waals surface area contributed by atoms with Crippen LogP contribution in [0.4, 0.5) is 0 Å². The second kappa shape index (κ2) is 6.07. The molecule has 0 fully saturated rings. The molecule has 3 aromatic rings. The number of rotatable bonds is 5. The van der Waals surface area contributed by atoms with Crippen molar-refractivity contribution >= 4 is 11.0 Å². The molecule has 22 heavy (non-hydrogen) atoms. The summed E-state index contributed by atoms with van der Waals surface area (Å²) in [6.07, 6.45) is 0. The van der Waals surface area contributed by atoms with Crippen LogP contribution in [0, 0.1) is 0 Å².